The molecule has 0 heterocycles. The van der Waals surface area contributed by atoms with Gasteiger partial charge in [-0.2, -0.15) is 0 Å². The second-order valence-electron chi connectivity index (χ2n) is 4.69. The van der Waals surface area contributed by atoms with Gasteiger partial charge in [0, 0.05) is 18.8 Å². The van der Waals surface area contributed by atoms with Crippen molar-refractivity contribution >= 4 is 15.6 Å². The molecule has 1 aromatic carbocycles. The molecule has 0 fully saturated rings. The van der Waals surface area contributed by atoms with E-state index in [1.165, 1.54) is 0 Å². The summed E-state index contributed by atoms with van der Waals surface area (Å²) in [6.07, 6.45) is 0.884. The average Bonchev–Trinajstić information content (AvgIpc) is 2.35. The number of nitrogen functional groups attached to an aromatic ring is 1. The lowest BCUT2D eigenvalue weighted by atomic mass is 10.2. The molecule has 102 valence electrons. The van der Waals surface area contributed by atoms with Crippen LogP contribution in [0, 0.1) is 5.92 Å². The van der Waals surface area contributed by atoms with Crippen molar-refractivity contribution in [1.82, 2.24) is 4.72 Å². The van der Waals surface area contributed by atoms with Gasteiger partial charge in [-0.1, -0.05) is 20.8 Å². The second kappa shape index (κ2) is 6.75. The van der Waals surface area contributed by atoms with Crippen LogP contribution in [0.4, 0.5) is 5.69 Å². The molecule has 4 nitrogen and oxygen atoms in total. The Balaban J connectivity index is 3.04. The molecule has 0 aliphatic heterocycles. The van der Waals surface area contributed by atoms with Crippen LogP contribution in [-0.4, -0.2) is 17.3 Å². The molecule has 0 radical (unpaired) electrons. The standard InChI is InChI=1S/C13H23N3OS/c1-4-9-15-18(17,16-10-11(2)3)13-7-5-12(14)6-8-13/h5-8,11H,4,9-10,14H2,1-3H3,(H,15,16,17). The van der Waals surface area contributed by atoms with E-state index >= 15 is 0 Å². The van der Waals surface area contributed by atoms with Crippen molar-refractivity contribution in [3.8, 4) is 0 Å². The van der Waals surface area contributed by atoms with Gasteiger partial charge in [-0.25, -0.2) is 13.3 Å². The van der Waals surface area contributed by atoms with Gasteiger partial charge in [0.2, 0.25) is 0 Å². The maximum absolute atomic E-state index is 12.8. The predicted molar refractivity (Wildman–Crippen MR) is 77.7 cm³/mol. The number of anilines is 1. The number of hydrogen-bond acceptors (Lipinski definition) is 3. The Bertz CT molecular complexity index is 474. The normalized spacial score (nSPS) is 14.4. The molecule has 3 N–H and O–H groups in total. The van der Waals surface area contributed by atoms with Crippen LogP contribution in [0.1, 0.15) is 27.2 Å². The van der Waals surface area contributed by atoms with E-state index in [2.05, 4.69) is 22.9 Å². The van der Waals surface area contributed by atoms with E-state index < -0.39 is 9.92 Å². The molecule has 0 saturated carbocycles. The zero-order valence-electron chi connectivity index (χ0n) is 11.3. The van der Waals surface area contributed by atoms with Gasteiger partial charge in [0.15, 0.2) is 0 Å². The Kier molecular flexibility index (Phi) is 5.62. The third kappa shape index (κ3) is 4.31. The van der Waals surface area contributed by atoms with Crippen LogP contribution in [0.25, 0.3) is 0 Å². The van der Waals surface area contributed by atoms with Crippen molar-refractivity contribution in [2.45, 2.75) is 32.1 Å². The number of nitrogens with one attached hydrogen (secondary N) is 1. The molecular weight excluding hydrogens is 246 g/mol. The first-order valence-electron chi connectivity index (χ1n) is 6.31. The van der Waals surface area contributed by atoms with Crippen molar-refractivity contribution < 1.29 is 4.21 Å². The van der Waals surface area contributed by atoms with Crippen LogP contribution < -0.4 is 10.5 Å². The Morgan fingerprint density at radius 1 is 1.33 bits per heavy atom. The summed E-state index contributed by atoms with van der Waals surface area (Å²) >= 11 is 0. The van der Waals surface area contributed by atoms with E-state index in [0.29, 0.717) is 29.6 Å². The number of rotatable bonds is 6. The summed E-state index contributed by atoms with van der Waals surface area (Å²) in [4.78, 5) is 0.700. The van der Waals surface area contributed by atoms with Crippen molar-refractivity contribution in [1.29, 1.82) is 0 Å². The summed E-state index contributed by atoms with van der Waals surface area (Å²) < 4.78 is 20.3. The molecule has 0 saturated heterocycles. The highest BCUT2D eigenvalue weighted by Crippen LogP contribution is 2.14. The Labute approximate surface area is 110 Å². The summed E-state index contributed by atoms with van der Waals surface area (Å²) in [6, 6.07) is 7.08. The molecule has 0 bridgehead atoms. The van der Waals surface area contributed by atoms with Crippen LogP contribution in [0.3, 0.4) is 0 Å². The quantitative estimate of drug-likeness (QED) is 0.780. The fraction of sp³-hybridized carbons (Fsp3) is 0.538. The lowest BCUT2D eigenvalue weighted by molar-refractivity contribution is 0.610. The van der Waals surface area contributed by atoms with E-state index in [1.807, 2.05) is 6.92 Å². The van der Waals surface area contributed by atoms with Crippen molar-refractivity contribution in [2.24, 2.45) is 10.3 Å². The number of nitrogens with two attached hydrogens (primary N) is 1. The van der Waals surface area contributed by atoms with Gasteiger partial charge in [0.1, 0.15) is 9.92 Å². The second-order valence-corrected chi connectivity index (χ2v) is 6.76. The van der Waals surface area contributed by atoms with Gasteiger partial charge >= 0.3 is 0 Å². The van der Waals surface area contributed by atoms with Crippen molar-refractivity contribution in [3.05, 3.63) is 24.3 Å². The summed E-state index contributed by atoms with van der Waals surface area (Å²) in [5, 5.41) is 0. The summed E-state index contributed by atoms with van der Waals surface area (Å²) in [5.41, 5.74) is 6.31. The Morgan fingerprint density at radius 3 is 2.44 bits per heavy atom. The fourth-order valence-corrected chi connectivity index (χ4v) is 3.27. The zero-order chi connectivity index (χ0) is 13.6. The molecule has 5 heteroatoms. The van der Waals surface area contributed by atoms with Crippen LogP contribution >= 0.6 is 0 Å². The Hall–Kier alpha value is -1.07. The van der Waals surface area contributed by atoms with Crippen molar-refractivity contribution in [3.63, 3.8) is 0 Å². The Morgan fingerprint density at radius 2 is 1.94 bits per heavy atom. The minimum absolute atomic E-state index is 0.427. The topological polar surface area (TPSA) is 67.5 Å². The smallest absolute Gasteiger partial charge is 0.137 e. The molecule has 18 heavy (non-hydrogen) atoms. The molecule has 0 aliphatic carbocycles. The predicted octanol–water partition coefficient (Wildman–Crippen LogP) is 2.67. The van der Waals surface area contributed by atoms with Gasteiger partial charge in [0.25, 0.3) is 0 Å². The van der Waals surface area contributed by atoms with Crippen LogP contribution in [0.15, 0.2) is 33.5 Å². The fourth-order valence-electron chi connectivity index (χ4n) is 1.36. The number of hydrogen-bond donors (Lipinski definition) is 2. The lowest BCUT2D eigenvalue weighted by Gasteiger charge is -2.14. The maximum atomic E-state index is 12.8. The lowest BCUT2D eigenvalue weighted by Crippen LogP contribution is -2.27. The largest absolute Gasteiger partial charge is 0.399 e. The number of benzene rings is 1. The average molecular weight is 269 g/mol. The highest BCUT2D eigenvalue weighted by atomic mass is 32.2. The van der Waals surface area contributed by atoms with E-state index in [9.17, 15) is 4.21 Å². The summed E-state index contributed by atoms with van der Waals surface area (Å²) in [5.74, 6) is 0.427. The molecule has 0 aliphatic rings. The summed E-state index contributed by atoms with van der Waals surface area (Å²) in [6.45, 7) is 7.45. The van der Waals surface area contributed by atoms with Gasteiger partial charge in [-0.15, -0.1) is 0 Å². The molecule has 1 aromatic rings. The van der Waals surface area contributed by atoms with E-state index in [1.54, 1.807) is 24.3 Å². The number of nitrogens with zero attached hydrogens (tertiary/aromatic N) is 1. The highest BCUT2D eigenvalue weighted by Gasteiger charge is 2.12. The minimum Gasteiger partial charge on any atom is -0.399 e. The first-order chi connectivity index (χ1) is 8.48. The van der Waals surface area contributed by atoms with Gasteiger partial charge in [0.05, 0.1) is 4.90 Å². The molecule has 0 amide bonds. The maximum Gasteiger partial charge on any atom is 0.137 e. The minimum atomic E-state index is -2.52. The first-order valence-corrected chi connectivity index (χ1v) is 7.82. The van der Waals surface area contributed by atoms with Gasteiger partial charge < -0.3 is 5.73 Å². The molecule has 1 atom stereocenters. The van der Waals surface area contributed by atoms with E-state index in [4.69, 9.17) is 5.73 Å². The van der Waals surface area contributed by atoms with Gasteiger partial charge in [-0.3, -0.25) is 0 Å². The van der Waals surface area contributed by atoms with E-state index in [-0.39, 0.29) is 0 Å². The summed E-state index contributed by atoms with van der Waals surface area (Å²) in [7, 11) is -2.52. The first kappa shape index (κ1) is 15.0. The molecule has 1 unspecified atom stereocenters. The van der Waals surface area contributed by atoms with Crippen LogP contribution in [0.2, 0.25) is 0 Å². The van der Waals surface area contributed by atoms with Crippen LogP contribution in [0.5, 0.6) is 0 Å². The molecule has 1 rings (SSSR count). The molecule has 0 spiro atoms. The highest BCUT2D eigenvalue weighted by molar-refractivity contribution is 7.91. The SMILES string of the molecule is CCCN=S(=O)(NCC(C)C)c1ccc(N)cc1. The zero-order valence-corrected chi connectivity index (χ0v) is 12.2. The van der Waals surface area contributed by atoms with Gasteiger partial charge in [-0.05, 0) is 36.6 Å². The van der Waals surface area contributed by atoms with Crippen molar-refractivity contribution in [2.75, 3.05) is 18.8 Å². The molecular formula is C13H23N3OS. The van der Waals surface area contributed by atoms with Crippen LogP contribution in [-0.2, 0) is 9.92 Å². The third-order valence-corrected chi connectivity index (χ3v) is 4.40. The monoisotopic (exact) mass is 269 g/mol. The van der Waals surface area contributed by atoms with E-state index in [0.717, 1.165) is 6.42 Å². The third-order valence-electron chi connectivity index (χ3n) is 2.38. The molecule has 0 aromatic heterocycles.